The van der Waals surface area contributed by atoms with E-state index in [0.717, 1.165) is 24.8 Å². The second kappa shape index (κ2) is 20.8. The monoisotopic (exact) mass is 578 g/mol. The normalized spacial score (nSPS) is 12.7. The van der Waals surface area contributed by atoms with Gasteiger partial charge in [0.25, 0.3) is 0 Å². The smallest absolute Gasteiger partial charge is 0.306 e. The van der Waals surface area contributed by atoms with Gasteiger partial charge in [0.1, 0.15) is 17.8 Å². The van der Waals surface area contributed by atoms with Gasteiger partial charge in [-0.2, -0.15) is 5.10 Å². The molecule has 2 aromatic carbocycles. The molecule has 0 radical (unpaired) electrons. The molecule has 0 bridgehead atoms. The molecule has 2 aromatic rings. The summed E-state index contributed by atoms with van der Waals surface area (Å²) in [4.78, 5) is 38.9. The number of benzene rings is 2. The minimum Gasteiger partial charge on any atom is -0.488 e. The fourth-order valence-electron chi connectivity index (χ4n) is 4.42. The van der Waals surface area contributed by atoms with Crippen LogP contribution in [0.15, 0.2) is 59.1 Å². The van der Waals surface area contributed by atoms with E-state index in [2.05, 4.69) is 60.7 Å². The SMILES string of the molecule is C=C=O.CCN=C/C(CCC(CC(=O)OCC)c1ccc(C)c(CN(C)C[C@@H](CC)Oc2ccccc2C=O)c1)=N\N. The van der Waals surface area contributed by atoms with Crippen molar-refractivity contribution in [2.75, 3.05) is 26.7 Å². The van der Waals surface area contributed by atoms with Crippen LogP contribution in [0.4, 0.5) is 0 Å². The van der Waals surface area contributed by atoms with Crippen molar-refractivity contribution in [2.45, 2.75) is 71.9 Å². The van der Waals surface area contributed by atoms with Gasteiger partial charge in [-0.3, -0.25) is 19.5 Å². The Kier molecular flexibility index (Phi) is 17.8. The zero-order chi connectivity index (χ0) is 31.3. The van der Waals surface area contributed by atoms with Gasteiger partial charge in [0, 0.05) is 25.8 Å². The topological polar surface area (TPSA) is 124 Å². The molecule has 0 aliphatic heterocycles. The molecule has 0 saturated carbocycles. The van der Waals surface area contributed by atoms with Crippen LogP contribution in [0.1, 0.15) is 79.4 Å². The van der Waals surface area contributed by atoms with Gasteiger partial charge in [0.15, 0.2) is 6.29 Å². The number of hydrogen-bond acceptors (Lipinski definition) is 9. The van der Waals surface area contributed by atoms with Crippen molar-refractivity contribution in [1.29, 1.82) is 0 Å². The number of carbonyl (C=O) groups is 2. The Morgan fingerprint density at radius 1 is 1.19 bits per heavy atom. The average molecular weight is 579 g/mol. The molecule has 1 unspecified atom stereocenters. The molecule has 2 atom stereocenters. The number of rotatable bonds is 17. The van der Waals surface area contributed by atoms with Gasteiger partial charge in [-0.1, -0.05) is 37.3 Å². The largest absolute Gasteiger partial charge is 0.488 e. The third kappa shape index (κ3) is 13.1. The molecular weight excluding hydrogens is 532 g/mol. The van der Waals surface area contributed by atoms with Gasteiger partial charge >= 0.3 is 5.97 Å². The number of aliphatic imine (C=N–C) groups is 1. The Balaban J connectivity index is 0.00000281. The summed E-state index contributed by atoms with van der Waals surface area (Å²) in [5.41, 5.74) is 4.72. The van der Waals surface area contributed by atoms with Crippen LogP contribution >= 0.6 is 0 Å². The molecule has 0 aliphatic carbocycles. The molecule has 0 aliphatic rings. The Bertz CT molecular complexity index is 1200. The van der Waals surface area contributed by atoms with E-state index < -0.39 is 0 Å². The number of nitrogens with two attached hydrogens (primary N) is 1. The number of aryl methyl sites for hydroxylation is 1. The summed E-state index contributed by atoms with van der Waals surface area (Å²) in [5, 5.41) is 3.87. The molecule has 42 heavy (non-hydrogen) atoms. The van der Waals surface area contributed by atoms with Crippen molar-refractivity contribution in [3.05, 3.63) is 71.3 Å². The lowest BCUT2D eigenvalue weighted by molar-refractivity contribution is -0.143. The van der Waals surface area contributed by atoms with Crippen LogP contribution in [0.2, 0.25) is 0 Å². The quantitative estimate of drug-likeness (QED) is 0.0673. The standard InChI is InChI=1S/C31H44N4O4.C2H2O/c1-6-29(39-30-12-10-9-11-26(30)22-36)21-35(5)20-27-17-24(14-13-23(27)4)25(18-31(37)38-8-3)15-16-28(34-32)19-33-7-2;1-2-3/h9-14,17,19,22,25,29H,6-8,15-16,18,20-21,32H2,1-5H3;1H2/b33-19?,34-28-;/t25?,29-;/m1./s1. The first kappa shape index (κ1) is 36.0. The van der Waals surface area contributed by atoms with E-state index in [-0.39, 0.29) is 24.4 Å². The fraction of sp³-hybridized carbons (Fsp3) is 0.455. The number of hydrogen-bond donors (Lipinski definition) is 1. The molecule has 0 spiro atoms. The van der Waals surface area contributed by atoms with Gasteiger partial charge in [0.2, 0.25) is 0 Å². The van der Waals surface area contributed by atoms with Crippen molar-refractivity contribution in [1.82, 2.24) is 4.90 Å². The fourth-order valence-corrected chi connectivity index (χ4v) is 4.42. The average Bonchev–Trinajstić information content (AvgIpc) is 2.98. The lowest BCUT2D eigenvalue weighted by atomic mass is 9.88. The van der Waals surface area contributed by atoms with Crippen molar-refractivity contribution in [3.8, 4) is 5.75 Å². The first-order valence-corrected chi connectivity index (χ1v) is 14.3. The van der Waals surface area contributed by atoms with E-state index in [9.17, 15) is 9.59 Å². The van der Waals surface area contributed by atoms with Crippen LogP contribution in [-0.2, 0) is 20.9 Å². The van der Waals surface area contributed by atoms with E-state index >= 15 is 0 Å². The predicted molar refractivity (Wildman–Crippen MR) is 169 cm³/mol. The summed E-state index contributed by atoms with van der Waals surface area (Å²) in [5.74, 6) is 7.18. The Hall–Kier alpha value is -4.07. The number of nitrogens with zero attached hydrogens (tertiary/aromatic N) is 3. The van der Waals surface area contributed by atoms with Gasteiger partial charge < -0.3 is 15.3 Å². The number of carbonyl (C=O) groups excluding carboxylic acids is 3. The maximum atomic E-state index is 12.4. The van der Waals surface area contributed by atoms with E-state index in [0.29, 0.717) is 49.6 Å². The van der Waals surface area contributed by atoms with Gasteiger partial charge in [-0.05, 0) is 88.4 Å². The zero-order valence-electron chi connectivity index (χ0n) is 25.7. The lowest BCUT2D eigenvalue weighted by Crippen LogP contribution is -2.32. The first-order chi connectivity index (χ1) is 20.3. The number of hydrazone groups is 1. The molecule has 0 amide bonds. The van der Waals surface area contributed by atoms with E-state index in [1.54, 1.807) is 12.3 Å². The molecule has 9 nitrogen and oxygen atoms in total. The van der Waals surface area contributed by atoms with Crippen LogP contribution in [0.25, 0.3) is 0 Å². The first-order valence-electron chi connectivity index (χ1n) is 14.3. The van der Waals surface area contributed by atoms with Gasteiger partial charge in [0.05, 0.1) is 24.3 Å². The van der Waals surface area contributed by atoms with Crippen LogP contribution < -0.4 is 10.6 Å². The molecule has 2 rings (SSSR count). The molecular formula is C33H46N4O5. The van der Waals surface area contributed by atoms with Crippen molar-refractivity contribution in [2.24, 2.45) is 15.9 Å². The van der Waals surface area contributed by atoms with Crippen LogP contribution in [0.3, 0.4) is 0 Å². The summed E-state index contributed by atoms with van der Waals surface area (Å²) < 4.78 is 11.5. The highest BCUT2D eigenvalue weighted by Crippen LogP contribution is 2.28. The van der Waals surface area contributed by atoms with Crippen LogP contribution in [-0.4, -0.2) is 67.9 Å². The number of esters is 1. The summed E-state index contributed by atoms with van der Waals surface area (Å²) in [6.07, 6.45) is 4.88. The second-order valence-corrected chi connectivity index (χ2v) is 9.82. The lowest BCUT2D eigenvalue weighted by Gasteiger charge is -2.26. The van der Waals surface area contributed by atoms with E-state index in [4.69, 9.17) is 20.1 Å². The zero-order valence-corrected chi connectivity index (χ0v) is 25.7. The van der Waals surface area contributed by atoms with Gasteiger partial charge in [-0.15, -0.1) is 0 Å². The van der Waals surface area contributed by atoms with Crippen molar-refractivity contribution in [3.63, 3.8) is 0 Å². The second-order valence-electron chi connectivity index (χ2n) is 9.82. The van der Waals surface area contributed by atoms with E-state index in [1.807, 2.05) is 32.0 Å². The molecule has 0 saturated heterocycles. The predicted octanol–water partition coefficient (Wildman–Crippen LogP) is 5.32. The molecule has 0 heterocycles. The summed E-state index contributed by atoms with van der Waals surface area (Å²) in [6, 6.07) is 13.7. The minimum atomic E-state index is -0.214. The highest BCUT2D eigenvalue weighted by atomic mass is 16.5. The third-order valence-electron chi connectivity index (χ3n) is 6.65. The Morgan fingerprint density at radius 3 is 2.52 bits per heavy atom. The van der Waals surface area contributed by atoms with Crippen LogP contribution in [0, 0.1) is 6.92 Å². The maximum absolute atomic E-state index is 12.4. The molecule has 0 fully saturated rings. The van der Waals surface area contributed by atoms with Crippen molar-refractivity contribution < 1.29 is 23.9 Å². The third-order valence-corrected chi connectivity index (χ3v) is 6.65. The van der Waals surface area contributed by atoms with E-state index in [1.165, 1.54) is 17.1 Å². The Morgan fingerprint density at radius 2 is 1.90 bits per heavy atom. The summed E-state index contributed by atoms with van der Waals surface area (Å²) >= 11 is 0. The van der Waals surface area contributed by atoms with Gasteiger partial charge in [-0.25, -0.2) is 4.79 Å². The summed E-state index contributed by atoms with van der Waals surface area (Å²) in [6.45, 7) is 13.1. The minimum absolute atomic E-state index is 0.0351. The summed E-state index contributed by atoms with van der Waals surface area (Å²) in [7, 11) is 2.07. The molecule has 9 heteroatoms. The number of likely N-dealkylation sites (N-methyl/N-ethyl adjacent to an activating group) is 1. The molecule has 2 N–H and O–H groups in total. The highest BCUT2D eigenvalue weighted by molar-refractivity contribution is 6.30. The number of para-hydroxylation sites is 1. The number of ether oxygens (including phenoxy) is 2. The highest BCUT2D eigenvalue weighted by Gasteiger charge is 2.20. The molecule has 228 valence electrons. The Labute approximate surface area is 250 Å². The van der Waals surface area contributed by atoms with Crippen LogP contribution in [0.5, 0.6) is 5.75 Å². The van der Waals surface area contributed by atoms with Crippen molar-refractivity contribution >= 4 is 30.1 Å². The molecule has 0 aromatic heterocycles. The number of aldehydes is 1. The maximum Gasteiger partial charge on any atom is 0.306 e.